The molecule has 130 valence electrons. The maximum atomic E-state index is 12.1. The molecule has 6 nitrogen and oxygen atoms in total. The van der Waals surface area contributed by atoms with Crippen LogP contribution in [0.15, 0.2) is 36.7 Å². The molecular formula is C17H16Cl2N4O2. The maximum absolute atomic E-state index is 12.1. The number of aromatic amines is 1. The molecule has 0 radical (unpaired) electrons. The van der Waals surface area contributed by atoms with Crippen LogP contribution in [0.3, 0.4) is 0 Å². The van der Waals surface area contributed by atoms with Crippen LogP contribution < -0.4 is 5.73 Å². The molecule has 0 amide bonds. The molecule has 25 heavy (non-hydrogen) atoms. The van der Waals surface area contributed by atoms with Gasteiger partial charge in [-0.3, -0.25) is 4.79 Å². The minimum absolute atomic E-state index is 0.0471. The number of rotatable bonds is 6. The Morgan fingerprint density at radius 2 is 2.08 bits per heavy atom. The van der Waals surface area contributed by atoms with Crippen LogP contribution in [0.1, 0.15) is 17.5 Å². The molecule has 0 fully saturated rings. The predicted octanol–water partition coefficient (Wildman–Crippen LogP) is 3.27. The highest BCUT2D eigenvalue weighted by atomic mass is 35.5. The highest BCUT2D eigenvalue weighted by Gasteiger charge is 2.16. The molecule has 8 heteroatoms. The van der Waals surface area contributed by atoms with E-state index in [0.29, 0.717) is 18.4 Å². The number of hydrogen-bond acceptors (Lipinski definition) is 5. The molecular weight excluding hydrogens is 363 g/mol. The second-order valence-electron chi connectivity index (χ2n) is 5.59. The molecule has 0 unspecified atom stereocenters. The molecule has 3 rings (SSSR count). The van der Waals surface area contributed by atoms with E-state index in [0.717, 1.165) is 16.6 Å². The Bertz CT molecular complexity index is 877. The summed E-state index contributed by atoms with van der Waals surface area (Å²) in [6.07, 6.45) is 4.73. The lowest BCUT2D eigenvalue weighted by Crippen LogP contribution is -2.32. The number of nitrogens with two attached hydrogens (primary N) is 1. The number of esters is 1. The van der Waals surface area contributed by atoms with Crippen LogP contribution in [0.25, 0.3) is 11.0 Å². The molecule has 0 aliphatic heterocycles. The van der Waals surface area contributed by atoms with Crippen molar-refractivity contribution in [1.29, 1.82) is 0 Å². The predicted molar refractivity (Wildman–Crippen MR) is 96.4 cm³/mol. The van der Waals surface area contributed by atoms with Crippen molar-refractivity contribution in [3.05, 3.63) is 58.1 Å². The van der Waals surface area contributed by atoms with E-state index in [2.05, 4.69) is 15.0 Å². The molecule has 0 bridgehead atoms. The van der Waals surface area contributed by atoms with E-state index in [1.807, 2.05) is 18.3 Å². The van der Waals surface area contributed by atoms with Crippen molar-refractivity contribution >= 4 is 40.2 Å². The van der Waals surface area contributed by atoms with Gasteiger partial charge in [-0.1, -0.05) is 23.2 Å². The zero-order chi connectivity index (χ0) is 17.8. The van der Waals surface area contributed by atoms with Gasteiger partial charge in [0.15, 0.2) is 0 Å². The largest absolute Gasteiger partial charge is 0.460 e. The second-order valence-corrected chi connectivity index (χ2v) is 6.36. The molecule has 3 aromatic rings. The molecule has 3 N–H and O–H groups in total. The summed E-state index contributed by atoms with van der Waals surface area (Å²) in [5, 5.41) is 1.52. The van der Waals surface area contributed by atoms with E-state index >= 15 is 0 Å². The van der Waals surface area contributed by atoms with Crippen LogP contribution in [0.5, 0.6) is 0 Å². The van der Waals surface area contributed by atoms with Gasteiger partial charge in [-0.15, -0.1) is 0 Å². The smallest absolute Gasteiger partial charge is 0.323 e. The minimum Gasteiger partial charge on any atom is -0.460 e. The number of pyridine rings is 2. The van der Waals surface area contributed by atoms with Crippen molar-refractivity contribution in [2.45, 2.75) is 25.5 Å². The standard InChI is InChI=1S/C17H16Cl2N4O2/c18-14-6-10(7-15(19)23-14)9-25-17(24)13(20)4-3-11-8-22-16-12(11)2-1-5-21-16/h1-2,5-8,13H,3-4,9,20H2,(H,21,22)/t13-/m0/s1. The van der Waals surface area contributed by atoms with Crippen molar-refractivity contribution in [2.75, 3.05) is 0 Å². The Hall–Kier alpha value is -2.15. The van der Waals surface area contributed by atoms with Gasteiger partial charge in [0, 0.05) is 17.8 Å². The zero-order valence-corrected chi connectivity index (χ0v) is 14.7. The average molecular weight is 379 g/mol. The summed E-state index contributed by atoms with van der Waals surface area (Å²) in [5.74, 6) is -0.470. The summed E-state index contributed by atoms with van der Waals surface area (Å²) in [5.41, 5.74) is 8.49. The zero-order valence-electron chi connectivity index (χ0n) is 13.2. The normalized spacial score (nSPS) is 12.3. The van der Waals surface area contributed by atoms with Gasteiger partial charge < -0.3 is 15.5 Å². The Morgan fingerprint density at radius 1 is 1.32 bits per heavy atom. The fourth-order valence-electron chi connectivity index (χ4n) is 2.51. The topological polar surface area (TPSA) is 93.9 Å². The molecule has 0 aliphatic carbocycles. The molecule has 0 saturated heterocycles. The van der Waals surface area contributed by atoms with Crippen molar-refractivity contribution in [1.82, 2.24) is 15.0 Å². The Labute approximate surface area is 154 Å². The van der Waals surface area contributed by atoms with E-state index in [1.165, 1.54) is 0 Å². The number of hydrogen-bond donors (Lipinski definition) is 2. The lowest BCUT2D eigenvalue weighted by atomic mass is 10.1. The summed E-state index contributed by atoms with van der Waals surface area (Å²) in [4.78, 5) is 23.2. The molecule has 3 aromatic heterocycles. The van der Waals surface area contributed by atoms with Gasteiger partial charge in [0.1, 0.15) is 28.6 Å². The van der Waals surface area contributed by atoms with Gasteiger partial charge in [-0.25, -0.2) is 9.97 Å². The molecule has 0 aliphatic rings. The van der Waals surface area contributed by atoms with Crippen LogP contribution in [0.4, 0.5) is 0 Å². The number of halogens is 2. The van der Waals surface area contributed by atoms with Crippen LogP contribution in [0.2, 0.25) is 10.3 Å². The number of aryl methyl sites for hydroxylation is 1. The van der Waals surface area contributed by atoms with E-state index in [9.17, 15) is 4.79 Å². The SMILES string of the molecule is N[C@@H](CCc1c[nH]c2ncccc12)C(=O)OCc1cc(Cl)nc(Cl)c1. The second kappa shape index (κ2) is 7.82. The number of H-pyrrole nitrogens is 1. The number of fused-ring (bicyclic) bond motifs is 1. The molecule has 3 heterocycles. The molecule has 0 aromatic carbocycles. The van der Waals surface area contributed by atoms with Crippen molar-refractivity contribution in [3.63, 3.8) is 0 Å². The van der Waals surface area contributed by atoms with Crippen molar-refractivity contribution in [2.24, 2.45) is 5.73 Å². The number of nitrogens with zero attached hydrogens (tertiary/aromatic N) is 2. The minimum atomic E-state index is -0.714. The summed E-state index contributed by atoms with van der Waals surface area (Å²) in [6, 6.07) is 6.32. The maximum Gasteiger partial charge on any atom is 0.323 e. The summed E-state index contributed by atoms with van der Waals surface area (Å²) >= 11 is 11.6. The first kappa shape index (κ1) is 17.7. The van der Waals surface area contributed by atoms with Gasteiger partial charge in [0.2, 0.25) is 0 Å². The summed E-state index contributed by atoms with van der Waals surface area (Å²) < 4.78 is 5.23. The average Bonchev–Trinajstić information content (AvgIpc) is 3.00. The number of nitrogens with one attached hydrogen (secondary N) is 1. The van der Waals surface area contributed by atoms with E-state index in [1.54, 1.807) is 18.3 Å². The fourth-order valence-corrected chi connectivity index (χ4v) is 3.01. The highest BCUT2D eigenvalue weighted by Crippen LogP contribution is 2.18. The van der Waals surface area contributed by atoms with Gasteiger partial charge in [0.25, 0.3) is 0 Å². The third-order valence-corrected chi connectivity index (χ3v) is 4.16. The monoisotopic (exact) mass is 378 g/mol. The quantitative estimate of drug-likeness (QED) is 0.507. The lowest BCUT2D eigenvalue weighted by molar-refractivity contribution is -0.146. The van der Waals surface area contributed by atoms with Gasteiger partial charge >= 0.3 is 5.97 Å². The van der Waals surface area contributed by atoms with Gasteiger partial charge in [0.05, 0.1) is 0 Å². The van der Waals surface area contributed by atoms with Crippen LogP contribution in [-0.4, -0.2) is 27.0 Å². The van der Waals surface area contributed by atoms with Crippen molar-refractivity contribution in [3.8, 4) is 0 Å². The number of carbonyl (C=O) groups excluding carboxylic acids is 1. The first-order valence-corrected chi connectivity index (χ1v) is 8.43. The first-order chi connectivity index (χ1) is 12.0. The molecule has 0 spiro atoms. The molecule has 1 atom stereocenters. The number of aromatic nitrogens is 3. The van der Waals surface area contributed by atoms with Gasteiger partial charge in [-0.05, 0) is 48.2 Å². The van der Waals surface area contributed by atoms with E-state index < -0.39 is 12.0 Å². The summed E-state index contributed by atoms with van der Waals surface area (Å²) in [6.45, 7) is 0.0471. The fraction of sp³-hybridized carbons (Fsp3) is 0.235. The Balaban J connectivity index is 1.54. The first-order valence-electron chi connectivity index (χ1n) is 7.68. The number of carbonyl (C=O) groups is 1. The van der Waals surface area contributed by atoms with E-state index in [-0.39, 0.29) is 16.9 Å². The van der Waals surface area contributed by atoms with Crippen LogP contribution in [-0.2, 0) is 22.6 Å². The summed E-state index contributed by atoms with van der Waals surface area (Å²) in [7, 11) is 0. The highest BCUT2D eigenvalue weighted by molar-refractivity contribution is 6.32. The molecule has 0 saturated carbocycles. The third-order valence-electron chi connectivity index (χ3n) is 3.77. The number of ether oxygens (including phenoxy) is 1. The Kier molecular flexibility index (Phi) is 5.53. The van der Waals surface area contributed by atoms with E-state index in [4.69, 9.17) is 33.7 Å². The van der Waals surface area contributed by atoms with Gasteiger partial charge in [-0.2, -0.15) is 0 Å². The Morgan fingerprint density at radius 3 is 2.84 bits per heavy atom. The van der Waals surface area contributed by atoms with Crippen molar-refractivity contribution < 1.29 is 9.53 Å². The lowest BCUT2D eigenvalue weighted by Gasteiger charge is -2.11. The third kappa shape index (κ3) is 4.48. The van der Waals surface area contributed by atoms with Crippen LogP contribution >= 0.6 is 23.2 Å². The van der Waals surface area contributed by atoms with Crippen LogP contribution in [0, 0.1) is 0 Å².